The Morgan fingerprint density at radius 2 is 1.57 bits per heavy atom. The summed E-state index contributed by atoms with van der Waals surface area (Å²) in [5.41, 5.74) is 0. The molecule has 0 saturated carbocycles. The lowest BCUT2D eigenvalue weighted by atomic mass is 10.3. The monoisotopic (exact) mass is 357 g/mol. The minimum absolute atomic E-state index is 0.0268. The fourth-order valence-corrected chi connectivity index (χ4v) is 4.49. The van der Waals surface area contributed by atoms with E-state index < -0.39 is 20.0 Å². The van der Waals surface area contributed by atoms with Crippen LogP contribution in [0.15, 0.2) is 46.5 Å². The van der Waals surface area contributed by atoms with Gasteiger partial charge in [-0.3, -0.25) is 0 Å². The highest BCUT2D eigenvalue weighted by molar-refractivity contribution is 7.89. The van der Waals surface area contributed by atoms with E-state index in [0.717, 1.165) is 0 Å². The first-order valence-corrected chi connectivity index (χ1v) is 9.76. The molecule has 1 saturated heterocycles. The first kappa shape index (κ1) is 16.1. The fraction of sp³-hybridized carbons (Fsp3) is 0.333. The molecule has 23 heavy (non-hydrogen) atoms. The van der Waals surface area contributed by atoms with E-state index in [1.165, 1.54) is 33.4 Å². The third-order valence-electron chi connectivity index (χ3n) is 3.68. The maximum Gasteiger partial charge on any atom is 0.243 e. The van der Waals surface area contributed by atoms with Crippen LogP contribution in [0.1, 0.15) is 12.5 Å². The predicted octanol–water partition coefficient (Wildman–Crippen LogP) is -0.439. The van der Waals surface area contributed by atoms with E-state index in [4.69, 9.17) is 5.14 Å². The average Bonchev–Trinajstić information content (AvgIpc) is 3.17. The standard InChI is InChI=1S/C12H15N5O4S2/c13-22(18,19)11-1-3-12(4-2-11)23(20,21)16-8-5-10(9-16)17-14-6-7-15-17/h1-4,6-7,10H,5,8-9H2,(H2,13,18,19). The fourth-order valence-electron chi connectivity index (χ4n) is 2.48. The molecule has 9 nitrogen and oxygen atoms in total. The summed E-state index contributed by atoms with van der Waals surface area (Å²) < 4.78 is 49.0. The SMILES string of the molecule is NS(=O)(=O)c1ccc(S(=O)(=O)N2CCC(n3nccn3)C2)cc1. The molecular formula is C12H15N5O4S2. The minimum Gasteiger partial charge on any atom is -0.225 e. The van der Waals surface area contributed by atoms with Crippen molar-refractivity contribution in [1.29, 1.82) is 0 Å². The smallest absolute Gasteiger partial charge is 0.225 e. The Labute approximate surface area is 133 Å². The predicted molar refractivity (Wildman–Crippen MR) is 80.3 cm³/mol. The molecule has 1 aromatic heterocycles. The van der Waals surface area contributed by atoms with Crippen LogP contribution < -0.4 is 5.14 Å². The lowest BCUT2D eigenvalue weighted by molar-refractivity contribution is 0.402. The van der Waals surface area contributed by atoms with Crippen LogP contribution >= 0.6 is 0 Å². The molecule has 1 atom stereocenters. The number of sulfonamides is 2. The maximum absolute atomic E-state index is 12.6. The Kier molecular flexibility index (Phi) is 3.96. The second kappa shape index (κ2) is 5.67. The lowest BCUT2D eigenvalue weighted by Crippen LogP contribution is -2.29. The van der Waals surface area contributed by atoms with E-state index in [1.54, 1.807) is 12.4 Å². The molecule has 3 rings (SSSR count). The van der Waals surface area contributed by atoms with Crippen molar-refractivity contribution in [3.63, 3.8) is 0 Å². The van der Waals surface area contributed by atoms with Gasteiger partial charge in [-0.25, -0.2) is 22.0 Å². The van der Waals surface area contributed by atoms with Crippen LogP contribution in [-0.2, 0) is 20.0 Å². The summed E-state index contributed by atoms with van der Waals surface area (Å²) in [5, 5.41) is 13.1. The molecular weight excluding hydrogens is 342 g/mol. The van der Waals surface area contributed by atoms with Crippen LogP contribution in [0, 0.1) is 0 Å². The van der Waals surface area contributed by atoms with E-state index >= 15 is 0 Å². The normalized spacial score (nSPS) is 20.0. The van der Waals surface area contributed by atoms with Crippen LogP contribution in [0.3, 0.4) is 0 Å². The summed E-state index contributed by atoms with van der Waals surface area (Å²) >= 11 is 0. The summed E-state index contributed by atoms with van der Waals surface area (Å²) in [4.78, 5) is 1.40. The van der Waals surface area contributed by atoms with Gasteiger partial charge in [-0.15, -0.1) is 0 Å². The van der Waals surface area contributed by atoms with Crippen molar-refractivity contribution in [3.8, 4) is 0 Å². The summed E-state index contributed by atoms with van der Waals surface area (Å²) in [6.45, 7) is 0.624. The van der Waals surface area contributed by atoms with Crippen molar-refractivity contribution in [2.24, 2.45) is 5.14 Å². The van der Waals surface area contributed by atoms with Crippen molar-refractivity contribution < 1.29 is 16.8 Å². The van der Waals surface area contributed by atoms with Gasteiger partial charge < -0.3 is 0 Å². The molecule has 1 fully saturated rings. The van der Waals surface area contributed by atoms with Gasteiger partial charge in [0.2, 0.25) is 20.0 Å². The second-order valence-electron chi connectivity index (χ2n) is 5.17. The van der Waals surface area contributed by atoms with E-state index in [1.807, 2.05) is 0 Å². The minimum atomic E-state index is -3.85. The first-order valence-electron chi connectivity index (χ1n) is 6.77. The van der Waals surface area contributed by atoms with Crippen LogP contribution in [0.4, 0.5) is 0 Å². The van der Waals surface area contributed by atoms with Gasteiger partial charge in [-0.2, -0.15) is 19.3 Å². The number of primary sulfonamides is 1. The summed E-state index contributed by atoms with van der Waals surface area (Å²) in [7, 11) is -7.55. The summed E-state index contributed by atoms with van der Waals surface area (Å²) in [6.07, 6.45) is 3.70. The van der Waals surface area contributed by atoms with Crippen LogP contribution in [0.2, 0.25) is 0 Å². The molecule has 0 radical (unpaired) electrons. The van der Waals surface area contributed by atoms with Crippen molar-refractivity contribution in [2.45, 2.75) is 22.3 Å². The molecule has 0 aliphatic carbocycles. The molecule has 0 bridgehead atoms. The molecule has 2 aromatic rings. The maximum atomic E-state index is 12.6. The van der Waals surface area contributed by atoms with Gasteiger partial charge in [0.05, 0.1) is 28.2 Å². The van der Waals surface area contributed by atoms with Crippen molar-refractivity contribution in [3.05, 3.63) is 36.7 Å². The number of nitrogens with two attached hydrogens (primary N) is 1. The number of hydrogen-bond acceptors (Lipinski definition) is 6. The molecule has 0 amide bonds. The number of aromatic nitrogens is 3. The van der Waals surface area contributed by atoms with Crippen molar-refractivity contribution in [1.82, 2.24) is 19.3 Å². The van der Waals surface area contributed by atoms with Crippen LogP contribution in [0.5, 0.6) is 0 Å². The molecule has 1 unspecified atom stereocenters. The largest absolute Gasteiger partial charge is 0.243 e. The Bertz CT molecular complexity index is 891. The third-order valence-corrected chi connectivity index (χ3v) is 6.49. The summed E-state index contributed by atoms with van der Waals surface area (Å²) in [5.74, 6) is 0. The number of benzene rings is 1. The van der Waals surface area contributed by atoms with Gasteiger partial charge in [0.25, 0.3) is 0 Å². The number of hydrogen-bond donors (Lipinski definition) is 1. The molecule has 1 aliphatic heterocycles. The van der Waals surface area contributed by atoms with E-state index in [0.29, 0.717) is 13.0 Å². The molecule has 11 heteroatoms. The Morgan fingerprint density at radius 1 is 1.00 bits per heavy atom. The summed E-state index contributed by atoms with van der Waals surface area (Å²) in [6, 6.07) is 4.75. The van der Waals surface area contributed by atoms with E-state index in [9.17, 15) is 16.8 Å². The molecule has 2 N–H and O–H groups in total. The average molecular weight is 357 g/mol. The third kappa shape index (κ3) is 3.13. The number of rotatable bonds is 4. The van der Waals surface area contributed by atoms with Gasteiger partial charge in [-0.1, -0.05) is 0 Å². The zero-order chi connectivity index (χ0) is 16.7. The Balaban J connectivity index is 1.82. The first-order chi connectivity index (χ1) is 10.8. The van der Waals surface area contributed by atoms with Gasteiger partial charge in [0, 0.05) is 13.1 Å². The van der Waals surface area contributed by atoms with E-state index in [2.05, 4.69) is 10.2 Å². The van der Waals surface area contributed by atoms with Crippen molar-refractivity contribution in [2.75, 3.05) is 13.1 Å². The molecule has 1 aromatic carbocycles. The zero-order valence-corrected chi connectivity index (χ0v) is 13.6. The highest BCUT2D eigenvalue weighted by Crippen LogP contribution is 2.26. The lowest BCUT2D eigenvalue weighted by Gasteiger charge is -2.16. The van der Waals surface area contributed by atoms with Gasteiger partial charge in [0.1, 0.15) is 0 Å². The Hall–Kier alpha value is -1.82. The number of nitrogens with zero attached hydrogens (tertiary/aromatic N) is 4. The van der Waals surface area contributed by atoms with Crippen LogP contribution in [0.25, 0.3) is 0 Å². The molecule has 0 spiro atoms. The Morgan fingerprint density at radius 3 is 2.13 bits per heavy atom. The molecule has 2 heterocycles. The second-order valence-corrected chi connectivity index (χ2v) is 8.67. The van der Waals surface area contributed by atoms with Gasteiger partial charge in [-0.05, 0) is 30.7 Å². The highest BCUT2D eigenvalue weighted by atomic mass is 32.2. The van der Waals surface area contributed by atoms with Gasteiger partial charge >= 0.3 is 0 Å². The van der Waals surface area contributed by atoms with Crippen LogP contribution in [-0.4, -0.2) is 49.2 Å². The van der Waals surface area contributed by atoms with Gasteiger partial charge in [0.15, 0.2) is 0 Å². The molecule has 1 aliphatic rings. The van der Waals surface area contributed by atoms with E-state index in [-0.39, 0.29) is 22.4 Å². The highest BCUT2D eigenvalue weighted by Gasteiger charge is 2.34. The van der Waals surface area contributed by atoms with Crippen molar-refractivity contribution >= 4 is 20.0 Å². The molecule has 124 valence electrons. The quantitative estimate of drug-likeness (QED) is 0.790. The zero-order valence-electron chi connectivity index (χ0n) is 12.0. The topological polar surface area (TPSA) is 128 Å².